The zero-order valence-electron chi connectivity index (χ0n) is 19.1. The van der Waals surface area contributed by atoms with Gasteiger partial charge in [-0.25, -0.2) is 14.0 Å². The number of halogens is 1. The monoisotopic (exact) mass is 450 g/mol. The van der Waals surface area contributed by atoms with Crippen molar-refractivity contribution in [2.75, 3.05) is 0 Å². The van der Waals surface area contributed by atoms with Crippen LogP contribution in [0.1, 0.15) is 58.9 Å². The molecule has 0 spiro atoms. The molecule has 172 valence electrons. The Kier molecular flexibility index (Phi) is 5.15. The van der Waals surface area contributed by atoms with Gasteiger partial charge in [0.15, 0.2) is 5.58 Å². The lowest BCUT2D eigenvalue weighted by Crippen LogP contribution is -2.26. The van der Waals surface area contributed by atoms with Crippen molar-refractivity contribution in [3.8, 4) is 11.1 Å². The van der Waals surface area contributed by atoms with E-state index in [0.29, 0.717) is 16.5 Å². The van der Waals surface area contributed by atoms with Crippen LogP contribution >= 0.6 is 0 Å². The summed E-state index contributed by atoms with van der Waals surface area (Å²) in [5, 5.41) is 0.704. The van der Waals surface area contributed by atoms with Crippen molar-refractivity contribution in [1.29, 1.82) is 0 Å². The molecule has 0 atom stereocenters. The first-order valence-electron chi connectivity index (χ1n) is 11.4. The average Bonchev–Trinajstić information content (AvgIpc) is 3.29. The summed E-state index contributed by atoms with van der Waals surface area (Å²) in [6, 6.07) is 10.1. The van der Waals surface area contributed by atoms with Gasteiger partial charge >= 0.3 is 11.8 Å². The molecule has 2 heterocycles. The molecule has 1 saturated carbocycles. The summed E-state index contributed by atoms with van der Waals surface area (Å²) in [7, 11) is 0. The van der Waals surface area contributed by atoms with E-state index in [4.69, 9.17) is 9.15 Å². The number of carbonyl (C=O) groups excluding carboxylic acids is 1. The number of carbonyl (C=O) groups is 1. The van der Waals surface area contributed by atoms with Crippen LogP contribution in [0.2, 0.25) is 0 Å². The number of benzene rings is 2. The summed E-state index contributed by atoms with van der Waals surface area (Å²) in [6.07, 6.45) is 6.45. The minimum absolute atomic E-state index is 0.162. The lowest BCUT2D eigenvalue weighted by atomic mass is 9.95. The Bertz CT molecular complexity index is 1410. The number of fused-ring (bicyclic) bond motifs is 2. The summed E-state index contributed by atoms with van der Waals surface area (Å²) < 4.78 is 28.3. The molecule has 0 radical (unpaired) electrons. The summed E-state index contributed by atoms with van der Waals surface area (Å²) in [6.45, 7) is 5.35. The molecule has 0 bridgehead atoms. The highest BCUT2D eigenvalue weighted by Crippen LogP contribution is 2.35. The molecule has 0 aliphatic heterocycles. The number of hydrogen-bond acceptors (Lipinski definition) is 4. The minimum Gasteiger partial charge on any atom is -0.443 e. The molecule has 33 heavy (non-hydrogen) atoms. The highest BCUT2D eigenvalue weighted by atomic mass is 19.1. The zero-order valence-corrected chi connectivity index (χ0v) is 19.1. The van der Waals surface area contributed by atoms with Gasteiger partial charge in [0.2, 0.25) is 0 Å². The molecule has 7 heteroatoms. The summed E-state index contributed by atoms with van der Waals surface area (Å²) in [5.41, 5.74) is 2.50. The molecule has 2 aromatic heterocycles. The van der Waals surface area contributed by atoms with Crippen LogP contribution in [0.25, 0.3) is 33.1 Å². The Labute approximate surface area is 190 Å². The largest absolute Gasteiger partial charge is 0.443 e. The van der Waals surface area contributed by atoms with E-state index in [0.717, 1.165) is 42.3 Å². The Morgan fingerprint density at radius 2 is 1.82 bits per heavy atom. The molecule has 1 aliphatic rings. The molecule has 0 unspecified atom stereocenters. The van der Waals surface area contributed by atoms with Crippen LogP contribution in [-0.2, 0) is 4.74 Å². The van der Waals surface area contributed by atoms with Gasteiger partial charge in [0, 0.05) is 23.2 Å². The zero-order chi connectivity index (χ0) is 23.3. The number of oxazole rings is 1. The van der Waals surface area contributed by atoms with Crippen LogP contribution in [-0.4, -0.2) is 20.8 Å². The second kappa shape index (κ2) is 7.90. The smallest absolute Gasteiger partial charge is 0.420 e. The van der Waals surface area contributed by atoms with Gasteiger partial charge in [0.05, 0.1) is 11.0 Å². The van der Waals surface area contributed by atoms with Crippen molar-refractivity contribution in [2.24, 2.45) is 0 Å². The van der Waals surface area contributed by atoms with Gasteiger partial charge in [-0.05, 0) is 69.5 Å². The molecule has 0 amide bonds. The van der Waals surface area contributed by atoms with Crippen molar-refractivity contribution in [2.45, 2.75) is 64.5 Å². The molecule has 1 aliphatic carbocycles. The van der Waals surface area contributed by atoms with Crippen LogP contribution in [0.4, 0.5) is 9.18 Å². The van der Waals surface area contributed by atoms with Gasteiger partial charge in [-0.1, -0.05) is 25.3 Å². The van der Waals surface area contributed by atoms with Crippen molar-refractivity contribution < 1.29 is 18.3 Å². The van der Waals surface area contributed by atoms with E-state index >= 15 is 0 Å². The molecular weight excluding hydrogens is 423 g/mol. The highest BCUT2D eigenvalue weighted by molar-refractivity contribution is 6.01. The van der Waals surface area contributed by atoms with Crippen molar-refractivity contribution in [3.05, 3.63) is 59.0 Å². The van der Waals surface area contributed by atoms with Crippen LogP contribution < -0.4 is 5.76 Å². The van der Waals surface area contributed by atoms with E-state index in [1.165, 1.54) is 23.1 Å². The van der Waals surface area contributed by atoms with Crippen LogP contribution in [0.15, 0.2) is 51.8 Å². The molecule has 5 rings (SSSR count). The lowest BCUT2D eigenvalue weighted by molar-refractivity contribution is 0.0544. The first-order chi connectivity index (χ1) is 15.7. The fraction of sp³-hybridized carbons (Fsp3) is 0.385. The van der Waals surface area contributed by atoms with E-state index in [1.54, 1.807) is 37.6 Å². The van der Waals surface area contributed by atoms with Crippen molar-refractivity contribution in [1.82, 2.24) is 9.13 Å². The van der Waals surface area contributed by atoms with Gasteiger partial charge in [0.1, 0.15) is 11.4 Å². The van der Waals surface area contributed by atoms with E-state index in [1.807, 2.05) is 18.2 Å². The first kappa shape index (κ1) is 21.5. The average molecular weight is 451 g/mol. The Morgan fingerprint density at radius 1 is 1.06 bits per heavy atom. The van der Waals surface area contributed by atoms with Crippen molar-refractivity contribution >= 4 is 28.1 Å². The third kappa shape index (κ3) is 3.96. The van der Waals surface area contributed by atoms with E-state index < -0.39 is 17.5 Å². The summed E-state index contributed by atoms with van der Waals surface area (Å²) in [5.74, 6) is -0.782. The van der Waals surface area contributed by atoms with E-state index in [9.17, 15) is 14.0 Å². The maximum absolute atomic E-state index is 14.0. The Hall–Kier alpha value is -3.35. The van der Waals surface area contributed by atoms with Crippen LogP contribution in [0.5, 0.6) is 0 Å². The number of ether oxygens (including phenoxy) is 1. The molecule has 4 aromatic rings. The van der Waals surface area contributed by atoms with Gasteiger partial charge in [-0.3, -0.25) is 9.13 Å². The summed E-state index contributed by atoms with van der Waals surface area (Å²) in [4.78, 5) is 25.5. The highest BCUT2D eigenvalue weighted by Gasteiger charge is 2.24. The van der Waals surface area contributed by atoms with E-state index in [2.05, 4.69) is 0 Å². The molecular formula is C26H27FN2O4. The molecule has 0 saturated heterocycles. The fourth-order valence-electron chi connectivity index (χ4n) is 4.78. The van der Waals surface area contributed by atoms with Crippen molar-refractivity contribution in [3.63, 3.8) is 0 Å². The van der Waals surface area contributed by atoms with E-state index in [-0.39, 0.29) is 11.8 Å². The number of nitrogens with zero attached hydrogens (tertiary/aromatic N) is 2. The molecule has 2 aromatic carbocycles. The van der Waals surface area contributed by atoms with Gasteiger partial charge in [-0.2, -0.15) is 0 Å². The summed E-state index contributed by atoms with van der Waals surface area (Å²) >= 11 is 0. The van der Waals surface area contributed by atoms with Gasteiger partial charge in [-0.15, -0.1) is 0 Å². The SMILES string of the molecule is CC(C)(C)OC(=O)n1cc(-c2ccc3c(c2)oc(=O)n3C2CCCCC2)c2ccc(F)cc21. The maximum atomic E-state index is 14.0. The minimum atomic E-state index is -0.689. The first-order valence-corrected chi connectivity index (χ1v) is 11.4. The lowest BCUT2D eigenvalue weighted by Gasteiger charge is -2.22. The topological polar surface area (TPSA) is 66.4 Å². The molecule has 1 fully saturated rings. The maximum Gasteiger partial charge on any atom is 0.420 e. The number of aromatic nitrogens is 2. The second-order valence-electron chi connectivity index (χ2n) is 9.77. The number of rotatable bonds is 2. The number of hydrogen-bond donors (Lipinski definition) is 0. The Balaban J connectivity index is 1.62. The molecule has 6 nitrogen and oxygen atoms in total. The molecule has 0 N–H and O–H groups in total. The third-order valence-electron chi connectivity index (χ3n) is 6.22. The van der Waals surface area contributed by atoms with Gasteiger partial charge < -0.3 is 9.15 Å². The predicted molar refractivity (Wildman–Crippen MR) is 125 cm³/mol. The van der Waals surface area contributed by atoms with Crippen LogP contribution in [0.3, 0.4) is 0 Å². The normalized spacial score (nSPS) is 15.4. The van der Waals surface area contributed by atoms with Crippen LogP contribution in [0, 0.1) is 5.82 Å². The fourth-order valence-corrected chi connectivity index (χ4v) is 4.78. The second-order valence-corrected chi connectivity index (χ2v) is 9.77. The quantitative estimate of drug-likeness (QED) is 0.343. The Morgan fingerprint density at radius 3 is 2.55 bits per heavy atom. The predicted octanol–water partition coefficient (Wildman–Crippen LogP) is 6.64. The standard InChI is InChI=1S/C26H27FN2O4/c1-26(2,3)33-24(30)28-15-20(19-11-10-17(27)14-22(19)28)16-9-12-21-23(13-16)32-25(31)29(21)18-7-5-4-6-8-18/h9-15,18H,4-8H2,1-3H3. The van der Waals surface area contributed by atoms with Gasteiger partial charge in [0.25, 0.3) is 0 Å². The third-order valence-corrected chi connectivity index (χ3v) is 6.22.